The number of hydrogen-bond donors (Lipinski definition) is 0. The number of esters is 1. The van der Waals surface area contributed by atoms with Crippen LogP contribution in [0.25, 0.3) is 0 Å². The number of halogens is 1. The number of aryl methyl sites for hydroxylation is 2. The second-order valence-corrected chi connectivity index (χ2v) is 18.4. The smallest absolute Gasteiger partial charge is 0.305 e. The lowest BCUT2D eigenvalue weighted by molar-refractivity contribution is -0.140. The van der Waals surface area contributed by atoms with Crippen molar-refractivity contribution in [2.24, 2.45) is 11.8 Å². The van der Waals surface area contributed by atoms with Crippen molar-refractivity contribution >= 4 is 47.3 Å². The lowest BCUT2D eigenvalue weighted by Gasteiger charge is -2.38. The number of rotatable bonds is 13. The van der Waals surface area contributed by atoms with Crippen molar-refractivity contribution in [3.8, 4) is 0 Å². The minimum atomic E-state index is -1.93. The molecule has 1 aliphatic rings. The fraction of sp³-hybridized carbons (Fsp3) is 0.655. The van der Waals surface area contributed by atoms with Crippen molar-refractivity contribution in [3.05, 3.63) is 44.6 Å². The van der Waals surface area contributed by atoms with Crippen molar-refractivity contribution in [2.75, 3.05) is 7.11 Å². The van der Waals surface area contributed by atoms with Crippen LogP contribution in [0, 0.1) is 18.8 Å². The van der Waals surface area contributed by atoms with Crippen LogP contribution >= 0.6 is 27.3 Å². The van der Waals surface area contributed by atoms with E-state index in [4.69, 9.17) is 4.43 Å². The molecule has 0 aromatic carbocycles. The lowest BCUT2D eigenvalue weighted by Crippen LogP contribution is -2.43. The summed E-state index contributed by atoms with van der Waals surface area (Å²) in [6.45, 7) is 13.6. The van der Waals surface area contributed by atoms with Gasteiger partial charge in [-0.3, -0.25) is 9.59 Å². The summed E-state index contributed by atoms with van der Waals surface area (Å²) in [6, 6.07) is 2.23. The maximum absolute atomic E-state index is 12.6. The Hall–Kier alpha value is -1.02. The van der Waals surface area contributed by atoms with Crippen LogP contribution in [0.2, 0.25) is 18.1 Å². The highest BCUT2D eigenvalue weighted by atomic mass is 79.9. The van der Waals surface area contributed by atoms with Gasteiger partial charge in [0.25, 0.3) is 0 Å². The van der Waals surface area contributed by atoms with Gasteiger partial charge in [0.05, 0.1) is 13.2 Å². The Morgan fingerprint density at radius 3 is 2.64 bits per heavy atom. The number of thiophene rings is 1. The lowest BCUT2D eigenvalue weighted by atomic mass is 9.91. The van der Waals surface area contributed by atoms with E-state index < -0.39 is 8.32 Å². The van der Waals surface area contributed by atoms with Gasteiger partial charge >= 0.3 is 5.97 Å². The fourth-order valence-electron chi connectivity index (χ4n) is 4.24. The molecule has 1 saturated carbocycles. The number of ether oxygens (including phenoxy) is 1. The van der Waals surface area contributed by atoms with Crippen molar-refractivity contribution < 1.29 is 18.8 Å². The largest absolute Gasteiger partial charge is 0.469 e. The van der Waals surface area contributed by atoms with Crippen molar-refractivity contribution in [2.45, 2.75) is 103 Å². The number of allylic oxidation sites excluding steroid dienone is 3. The zero-order chi connectivity index (χ0) is 26.9. The second kappa shape index (κ2) is 14.2. The van der Waals surface area contributed by atoms with Crippen molar-refractivity contribution in [1.29, 1.82) is 0 Å². The molecule has 1 fully saturated rings. The summed E-state index contributed by atoms with van der Waals surface area (Å²) < 4.78 is 12.7. The standard InChI is InChI=1S/C29H45BrO4SSi/c1-21-26(30)20-24(35-21)18-17-23(34-36(6,7)29(2,3)4)16-14-22-15-19-27(31)25(22)12-10-8-9-11-13-28(32)33-5/h8,10,14,16,20,22-23,25H,9,11-13,15,17-19H2,1-7H3/t22-,23+,25+/m0/s1. The van der Waals surface area contributed by atoms with Crippen LogP contribution in [-0.4, -0.2) is 33.3 Å². The fourth-order valence-corrected chi connectivity index (χ4v) is 7.16. The van der Waals surface area contributed by atoms with E-state index in [9.17, 15) is 9.59 Å². The minimum Gasteiger partial charge on any atom is -0.469 e. The number of ketones is 1. The molecular weight excluding hydrogens is 552 g/mol. The normalized spacial score (nSPS) is 20.1. The first kappa shape index (κ1) is 31.2. The van der Waals surface area contributed by atoms with E-state index in [0.29, 0.717) is 18.6 Å². The summed E-state index contributed by atoms with van der Waals surface area (Å²) in [5.41, 5.74) is 0. The number of Topliss-reactive ketones (excluding diaryl/α,β-unsaturated/α-hetero) is 1. The number of hydrogen-bond acceptors (Lipinski definition) is 5. The van der Waals surface area contributed by atoms with Crippen LogP contribution in [0.4, 0.5) is 0 Å². The summed E-state index contributed by atoms with van der Waals surface area (Å²) in [7, 11) is -0.514. The molecule has 0 amide bonds. The number of methoxy groups -OCH3 is 1. The summed E-state index contributed by atoms with van der Waals surface area (Å²) >= 11 is 5.49. The average Bonchev–Trinajstić information content (AvgIpc) is 3.31. The molecule has 2 rings (SSSR count). The second-order valence-electron chi connectivity index (χ2n) is 11.4. The number of carbonyl (C=O) groups excluding carboxylic acids is 2. The molecule has 1 aliphatic carbocycles. The molecule has 0 aliphatic heterocycles. The molecule has 3 atom stereocenters. The number of unbranched alkanes of at least 4 members (excludes halogenated alkanes) is 1. The van der Waals surface area contributed by atoms with E-state index in [1.54, 1.807) is 0 Å². The third kappa shape index (κ3) is 9.69. The molecular formula is C29H45BrO4SSi. The van der Waals surface area contributed by atoms with Gasteiger partial charge in [0, 0.05) is 33.0 Å². The zero-order valence-electron chi connectivity index (χ0n) is 23.2. The van der Waals surface area contributed by atoms with Crippen LogP contribution in [0.5, 0.6) is 0 Å². The van der Waals surface area contributed by atoms with Gasteiger partial charge in [-0.25, -0.2) is 0 Å². The molecule has 0 unspecified atom stereocenters. The average molecular weight is 598 g/mol. The van der Waals surface area contributed by atoms with Gasteiger partial charge in [0.2, 0.25) is 0 Å². The van der Waals surface area contributed by atoms with Crippen LogP contribution < -0.4 is 0 Å². The molecule has 4 nitrogen and oxygen atoms in total. The summed E-state index contributed by atoms with van der Waals surface area (Å²) in [5.74, 6) is 0.504. The Labute approximate surface area is 232 Å². The van der Waals surface area contributed by atoms with E-state index >= 15 is 0 Å². The minimum absolute atomic E-state index is 0.0440. The molecule has 7 heteroatoms. The first-order valence-electron chi connectivity index (χ1n) is 13.2. The molecule has 0 bridgehead atoms. The predicted molar refractivity (Wildman–Crippen MR) is 157 cm³/mol. The molecule has 1 aromatic heterocycles. The Morgan fingerprint density at radius 2 is 2.03 bits per heavy atom. The first-order chi connectivity index (χ1) is 16.8. The topological polar surface area (TPSA) is 52.6 Å². The molecule has 202 valence electrons. The van der Waals surface area contributed by atoms with E-state index in [1.165, 1.54) is 21.3 Å². The van der Waals surface area contributed by atoms with Gasteiger partial charge < -0.3 is 9.16 Å². The Kier molecular flexibility index (Phi) is 12.3. The molecule has 0 saturated heterocycles. The highest BCUT2D eigenvalue weighted by molar-refractivity contribution is 9.10. The van der Waals surface area contributed by atoms with Crippen LogP contribution in [-0.2, 0) is 25.2 Å². The van der Waals surface area contributed by atoms with Crippen LogP contribution in [0.3, 0.4) is 0 Å². The van der Waals surface area contributed by atoms with Crippen LogP contribution in [0.15, 0.2) is 34.8 Å². The van der Waals surface area contributed by atoms with Gasteiger partial charge in [-0.15, -0.1) is 11.3 Å². The summed E-state index contributed by atoms with van der Waals surface area (Å²) in [6.07, 6.45) is 15.1. The third-order valence-corrected chi connectivity index (χ3v) is 14.3. The van der Waals surface area contributed by atoms with Gasteiger partial charge in [0.1, 0.15) is 5.78 Å². The Balaban J connectivity index is 2.04. The third-order valence-electron chi connectivity index (χ3n) is 7.60. The Morgan fingerprint density at radius 1 is 1.31 bits per heavy atom. The summed E-state index contributed by atoms with van der Waals surface area (Å²) in [4.78, 5) is 26.6. The van der Waals surface area contributed by atoms with E-state index in [2.05, 4.69) is 91.8 Å². The molecule has 36 heavy (non-hydrogen) atoms. The van der Waals surface area contributed by atoms with Gasteiger partial charge in [-0.1, -0.05) is 45.1 Å². The number of carbonyl (C=O) groups is 2. The van der Waals surface area contributed by atoms with Gasteiger partial charge in [0.15, 0.2) is 8.32 Å². The summed E-state index contributed by atoms with van der Waals surface area (Å²) in [5, 5.41) is 0.145. The highest BCUT2D eigenvalue weighted by Crippen LogP contribution is 2.39. The van der Waals surface area contributed by atoms with Crippen molar-refractivity contribution in [1.82, 2.24) is 0 Å². The maximum atomic E-state index is 12.6. The monoisotopic (exact) mass is 596 g/mol. The molecule has 1 heterocycles. The van der Waals surface area contributed by atoms with E-state index in [1.807, 2.05) is 11.3 Å². The Bertz CT molecular complexity index is 909. The van der Waals surface area contributed by atoms with Crippen LogP contribution in [0.1, 0.15) is 75.5 Å². The zero-order valence-corrected chi connectivity index (χ0v) is 26.6. The van der Waals surface area contributed by atoms with E-state index in [-0.39, 0.29) is 28.9 Å². The molecule has 1 aromatic rings. The molecule has 0 N–H and O–H groups in total. The quantitative estimate of drug-likeness (QED) is 0.0989. The highest BCUT2D eigenvalue weighted by Gasteiger charge is 2.39. The van der Waals surface area contributed by atoms with E-state index in [0.717, 1.165) is 38.5 Å². The SMILES string of the molecule is COC(=O)CCCC=CC[C@H]1C(=O)CC[C@@H]1C=C[C@H](CCc1cc(Br)c(C)s1)O[Si](C)(C)C(C)(C)C. The first-order valence-corrected chi connectivity index (χ1v) is 17.7. The van der Waals surface area contributed by atoms with Gasteiger partial charge in [-0.2, -0.15) is 0 Å². The molecule has 0 radical (unpaired) electrons. The van der Waals surface area contributed by atoms with Gasteiger partial charge in [-0.05, 0) is 91.5 Å². The molecule has 0 spiro atoms. The maximum Gasteiger partial charge on any atom is 0.305 e. The predicted octanol–water partition coefficient (Wildman–Crippen LogP) is 8.58. The van der Waals surface area contributed by atoms with Crippen molar-refractivity contribution in [3.63, 3.8) is 0 Å².